The third-order valence-electron chi connectivity index (χ3n) is 3.92. The van der Waals surface area contributed by atoms with Gasteiger partial charge in [0.05, 0.1) is 27.2 Å². The maximum absolute atomic E-state index is 12.5. The first-order chi connectivity index (χ1) is 12.1. The molecule has 5 nitrogen and oxygen atoms in total. The van der Waals surface area contributed by atoms with E-state index in [4.69, 9.17) is 14.2 Å². The molecule has 0 radical (unpaired) electrons. The Balaban J connectivity index is 2.00. The van der Waals surface area contributed by atoms with Crippen LogP contribution in [0.5, 0.6) is 17.2 Å². The largest absolute Gasteiger partial charge is 0.497 e. The van der Waals surface area contributed by atoms with E-state index in [9.17, 15) is 4.79 Å². The minimum absolute atomic E-state index is 0.0435. The quantitative estimate of drug-likeness (QED) is 0.738. The maximum Gasteiger partial charge on any atom is 0.227 e. The minimum Gasteiger partial charge on any atom is -0.497 e. The summed E-state index contributed by atoms with van der Waals surface area (Å²) in [4.78, 5) is 14.2. The highest BCUT2D eigenvalue weighted by atomic mass is 16.5. The molecule has 0 aliphatic rings. The van der Waals surface area contributed by atoms with Crippen LogP contribution in [-0.2, 0) is 17.8 Å². The molecular weight excluding hydrogens is 318 g/mol. The van der Waals surface area contributed by atoms with E-state index in [0.717, 1.165) is 22.6 Å². The molecule has 2 rings (SSSR count). The van der Waals surface area contributed by atoms with Gasteiger partial charge < -0.3 is 19.1 Å². The first-order valence-electron chi connectivity index (χ1n) is 8.24. The molecule has 0 saturated carbocycles. The highest BCUT2D eigenvalue weighted by molar-refractivity contribution is 5.78. The van der Waals surface area contributed by atoms with Crippen molar-refractivity contribution in [2.75, 3.05) is 27.9 Å². The number of rotatable bonds is 8. The monoisotopic (exact) mass is 343 g/mol. The van der Waals surface area contributed by atoms with Crippen LogP contribution >= 0.6 is 0 Å². The fourth-order valence-corrected chi connectivity index (χ4v) is 2.51. The molecule has 2 aromatic rings. The zero-order valence-electron chi connectivity index (χ0n) is 15.2. The second-order valence-electron chi connectivity index (χ2n) is 5.68. The van der Waals surface area contributed by atoms with Crippen molar-refractivity contribution >= 4 is 5.91 Å². The second-order valence-corrected chi connectivity index (χ2v) is 5.68. The van der Waals surface area contributed by atoms with E-state index in [2.05, 4.69) is 0 Å². The van der Waals surface area contributed by atoms with Gasteiger partial charge in [-0.25, -0.2) is 0 Å². The van der Waals surface area contributed by atoms with Crippen LogP contribution < -0.4 is 14.2 Å². The normalized spacial score (nSPS) is 10.2. The van der Waals surface area contributed by atoms with Crippen molar-refractivity contribution in [1.82, 2.24) is 4.90 Å². The van der Waals surface area contributed by atoms with Crippen molar-refractivity contribution in [3.8, 4) is 17.2 Å². The lowest BCUT2D eigenvalue weighted by molar-refractivity contribution is -0.129. The van der Waals surface area contributed by atoms with Crippen LogP contribution in [0.3, 0.4) is 0 Å². The molecule has 0 spiro atoms. The van der Waals surface area contributed by atoms with Crippen LogP contribution in [0.2, 0.25) is 0 Å². The highest BCUT2D eigenvalue weighted by Crippen LogP contribution is 2.25. The number of carbonyl (C=O) groups excluding carboxylic acids is 1. The Morgan fingerprint density at radius 1 is 1.00 bits per heavy atom. The van der Waals surface area contributed by atoms with Gasteiger partial charge >= 0.3 is 0 Å². The van der Waals surface area contributed by atoms with E-state index >= 15 is 0 Å². The van der Waals surface area contributed by atoms with Gasteiger partial charge in [0.2, 0.25) is 5.91 Å². The number of methoxy groups -OCH3 is 2. The SMILES string of the molecule is CCOc1ccc(CC(=O)N(C)Cc2ccc(OC)cc2OC)cc1. The first-order valence-corrected chi connectivity index (χ1v) is 8.24. The maximum atomic E-state index is 12.5. The fourth-order valence-electron chi connectivity index (χ4n) is 2.51. The van der Waals surface area contributed by atoms with E-state index in [0.29, 0.717) is 25.3 Å². The molecule has 134 valence electrons. The Labute approximate surface area is 149 Å². The number of likely N-dealkylation sites (N-methyl/N-ethyl adjacent to an activating group) is 1. The van der Waals surface area contributed by atoms with Crippen LogP contribution in [0, 0.1) is 0 Å². The smallest absolute Gasteiger partial charge is 0.227 e. The van der Waals surface area contributed by atoms with Crippen LogP contribution in [0.25, 0.3) is 0 Å². The Kier molecular flexibility index (Phi) is 6.69. The molecule has 0 aromatic heterocycles. The zero-order valence-corrected chi connectivity index (χ0v) is 15.2. The lowest BCUT2D eigenvalue weighted by Crippen LogP contribution is -2.27. The molecule has 2 aromatic carbocycles. The molecule has 0 saturated heterocycles. The van der Waals surface area contributed by atoms with Crippen LogP contribution in [-0.4, -0.2) is 38.7 Å². The summed E-state index contributed by atoms with van der Waals surface area (Å²) in [5.41, 5.74) is 1.90. The van der Waals surface area contributed by atoms with E-state index in [1.807, 2.05) is 49.4 Å². The Morgan fingerprint density at radius 2 is 1.68 bits per heavy atom. The van der Waals surface area contributed by atoms with Gasteiger partial charge in [-0.15, -0.1) is 0 Å². The summed E-state index contributed by atoms with van der Waals surface area (Å²) in [6.07, 6.45) is 0.349. The Morgan fingerprint density at radius 3 is 2.28 bits per heavy atom. The van der Waals surface area contributed by atoms with Gasteiger partial charge in [0.15, 0.2) is 0 Å². The molecule has 0 aliphatic heterocycles. The van der Waals surface area contributed by atoms with Crippen molar-refractivity contribution in [1.29, 1.82) is 0 Å². The molecule has 0 N–H and O–H groups in total. The molecule has 0 aliphatic carbocycles. The topological polar surface area (TPSA) is 48.0 Å². The first kappa shape index (κ1) is 18.6. The number of carbonyl (C=O) groups is 1. The fraction of sp³-hybridized carbons (Fsp3) is 0.350. The molecular formula is C20H25NO4. The number of benzene rings is 2. The van der Waals surface area contributed by atoms with Crippen molar-refractivity contribution in [2.24, 2.45) is 0 Å². The third-order valence-corrected chi connectivity index (χ3v) is 3.92. The van der Waals surface area contributed by atoms with Crippen LogP contribution in [0.4, 0.5) is 0 Å². The van der Waals surface area contributed by atoms with Crippen molar-refractivity contribution in [3.05, 3.63) is 53.6 Å². The van der Waals surface area contributed by atoms with Crippen LogP contribution in [0.1, 0.15) is 18.1 Å². The van der Waals surface area contributed by atoms with E-state index in [-0.39, 0.29) is 5.91 Å². The lowest BCUT2D eigenvalue weighted by Gasteiger charge is -2.19. The van der Waals surface area contributed by atoms with E-state index < -0.39 is 0 Å². The second kappa shape index (κ2) is 8.97. The molecule has 0 heterocycles. The van der Waals surface area contributed by atoms with E-state index in [1.165, 1.54) is 0 Å². The molecule has 5 heteroatoms. The summed E-state index contributed by atoms with van der Waals surface area (Å²) in [6.45, 7) is 3.05. The summed E-state index contributed by atoms with van der Waals surface area (Å²) in [7, 11) is 5.02. The number of hydrogen-bond donors (Lipinski definition) is 0. The summed E-state index contributed by atoms with van der Waals surface area (Å²) in [5, 5.41) is 0. The molecule has 1 amide bonds. The van der Waals surface area contributed by atoms with Crippen molar-refractivity contribution in [2.45, 2.75) is 19.9 Å². The Bertz CT molecular complexity index is 697. The van der Waals surface area contributed by atoms with Gasteiger partial charge in [-0.1, -0.05) is 12.1 Å². The average Bonchev–Trinajstić information content (AvgIpc) is 2.63. The predicted octanol–water partition coefficient (Wildman–Crippen LogP) is 3.30. The van der Waals surface area contributed by atoms with Gasteiger partial charge in [-0.05, 0) is 36.8 Å². The number of nitrogens with zero attached hydrogens (tertiary/aromatic N) is 1. The van der Waals surface area contributed by atoms with Gasteiger partial charge in [-0.2, -0.15) is 0 Å². The Hall–Kier alpha value is -2.69. The average molecular weight is 343 g/mol. The molecule has 0 unspecified atom stereocenters. The minimum atomic E-state index is 0.0435. The lowest BCUT2D eigenvalue weighted by atomic mass is 10.1. The third kappa shape index (κ3) is 5.14. The number of ether oxygens (including phenoxy) is 3. The van der Waals surface area contributed by atoms with Gasteiger partial charge in [0, 0.05) is 25.2 Å². The molecule has 0 bridgehead atoms. The number of amides is 1. The predicted molar refractivity (Wildman–Crippen MR) is 97.3 cm³/mol. The van der Waals surface area contributed by atoms with E-state index in [1.54, 1.807) is 26.2 Å². The van der Waals surface area contributed by atoms with Crippen molar-refractivity contribution in [3.63, 3.8) is 0 Å². The standard InChI is InChI=1S/C20H25NO4/c1-5-25-17-9-6-15(7-10-17)12-20(22)21(2)14-16-8-11-18(23-3)13-19(16)24-4/h6-11,13H,5,12,14H2,1-4H3. The van der Waals surface area contributed by atoms with Gasteiger partial charge in [-0.3, -0.25) is 4.79 Å². The van der Waals surface area contributed by atoms with Crippen LogP contribution in [0.15, 0.2) is 42.5 Å². The summed E-state index contributed by atoms with van der Waals surface area (Å²) >= 11 is 0. The van der Waals surface area contributed by atoms with Gasteiger partial charge in [0.25, 0.3) is 0 Å². The molecule has 0 fully saturated rings. The summed E-state index contributed by atoms with van der Waals surface area (Å²) in [6, 6.07) is 13.2. The zero-order chi connectivity index (χ0) is 18.2. The highest BCUT2D eigenvalue weighted by Gasteiger charge is 2.13. The molecule has 0 atom stereocenters. The van der Waals surface area contributed by atoms with Gasteiger partial charge in [0.1, 0.15) is 17.2 Å². The summed E-state index contributed by atoms with van der Waals surface area (Å²) < 4.78 is 16.0. The number of hydrogen-bond acceptors (Lipinski definition) is 4. The summed E-state index contributed by atoms with van der Waals surface area (Å²) in [5.74, 6) is 2.29. The molecule has 25 heavy (non-hydrogen) atoms. The van der Waals surface area contributed by atoms with Crippen molar-refractivity contribution < 1.29 is 19.0 Å².